The van der Waals surface area contributed by atoms with E-state index in [4.69, 9.17) is 4.74 Å². The minimum absolute atomic E-state index is 0.0438. The number of thiophene rings is 1. The first-order chi connectivity index (χ1) is 12.1. The lowest BCUT2D eigenvalue weighted by Gasteiger charge is -2.03. The Hall–Kier alpha value is -1.61. The Bertz CT molecular complexity index is 906. The van der Waals surface area contributed by atoms with Crippen LogP contribution in [-0.4, -0.2) is 22.5 Å². The van der Waals surface area contributed by atoms with Gasteiger partial charge < -0.3 is 4.74 Å². The third kappa shape index (κ3) is 3.52. The van der Waals surface area contributed by atoms with Crippen LogP contribution in [0.25, 0.3) is 10.6 Å². The van der Waals surface area contributed by atoms with Gasteiger partial charge in [0.1, 0.15) is 16.0 Å². The molecule has 3 aromatic rings. The Morgan fingerprint density at radius 3 is 2.88 bits per heavy atom. The first-order valence-electron chi connectivity index (χ1n) is 8.03. The molecule has 0 radical (unpaired) electrons. The molecule has 1 fully saturated rings. The minimum atomic E-state index is -0.163. The molecule has 1 amide bonds. The molecule has 1 saturated heterocycles. The number of carbonyl (C=O) groups is 1. The average Bonchev–Trinajstić information content (AvgIpc) is 3.33. The predicted molar refractivity (Wildman–Crippen MR) is 103 cm³/mol. The Kier molecular flexibility index (Phi) is 4.68. The number of aryl methyl sites for hydroxylation is 2. The van der Waals surface area contributed by atoms with Gasteiger partial charge >= 0.3 is 0 Å². The molecule has 0 spiro atoms. The second kappa shape index (κ2) is 6.95. The molecule has 1 aliphatic heterocycles. The van der Waals surface area contributed by atoms with Crippen molar-refractivity contribution < 1.29 is 9.53 Å². The van der Waals surface area contributed by atoms with E-state index in [1.54, 1.807) is 17.5 Å². The first-order valence-corrected chi connectivity index (χ1v) is 10.5. The number of carbonyl (C=O) groups excluding carboxylic acids is 1. The lowest BCUT2D eigenvalue weighted by Crippen LogP contribution is -2.09. The van der Waals surface area contributed by atoms with Gasteiger partial charge in [0.25, 0.3) is 5.91 Å². The van der Waals surface area contributed by atoms with Gasteiger partial charge in [-0.2, -0.15) is 0 Å². The minimum Gasteiger partial charge on any atom is -0.371 e. The van der Waals surface area contributed by atoms with Crippen molar-refractivity contribution in [2.24, 2.45) is 0 Å². The molecule has 4 rings (SSSR count). The maximum Gasteiger partial charge on any atom is 0.269 e. The lowest BCUT2D eigenvalue weighted by atomic mass is 10.2. The summed E-state index contributed by atoms with van der Waals surface area (Å²) in [6, 6.07) is 4.16. The number of amides is 1. The number of thiazole rings is 2. The molecule has 0 aliphatic carbocycles. The normalized spacial score (nSPS) is 17.1. The molecular weight excluding hydrogens is 374 g/mol. The summed E-state index contributed by atoms with van der Waals surface area (Å²) in [5.41, 5.74) is 0.947. The van der Waals surface area contributed by atoms with Crippen LogP contribution in [0.3, 0.4) is 0 Å². The van der Waals surface area contributed by atoms with Crippen LogP contribution in [0.5, 0.6) is 0 Å². The third-order valence-corrected chi connectivity index (χ3v) is 6.93. The van der Waals surface area contributed by atoms with Gasteiger partial charge in [0.2, 0.25) is 0 Å². The molecule has 1 atom stereocenters. The summed E-state index contributed by atoms with van der Waals surface area (Å²) >= 11 is 4.61. The fourth-order valence-corrected chi connectivity index (χ4v) is 5.41. The number of nitrogens with one attached hydrogen (secondary N) is 1. The van der Waals surface area contributed by atoms with Gasteiger partial charge in [-0.1, -0.05) is 0 Å². The van der Waals surface area contributed by atoms with E-state index in [0.717, 1.165) is 39.9 Å². The Morgan fingerprint density at radius 2 is 2.16 bits per heavy atom. The van der Waals surface area contributed by atoms with Crippen LogP contribution in [0.15, 0.2) is 18.3 Å². The second-order valence-corrected chi connectivity index (χ2v) is 9.41. The number of anilines is 1. The molecule has 0 aromatic carbocycles. The van der Waals surface area contributed by atoms with Crippen LogP contribution >= 0.6 is 34.0 Å². The fraction of sp³-hybridized carbons (Fsp3) is 0.353. The highest BCUT2D eigenvalue weighted by Gasteiger charge is 2.23. The van der Waals surface area contributed by atoms with Gasteiger partial charge in [-0.15, -0.1) is 34.0 Å². The molecular formula is C17H17N3O2S3. The van der Waals surface area contributed by atoms with E-state index >= 15 is 0 Å². The SMILES string of the molecule is Cc1ccc(-c2nc(NC(=O)c3cnc(C4CCCO4)s3)sc2C)s1. The van der Waals surface area contributed by atoms with Crippen molar-refractivity contribution in [2.75, 3.05) is 11.9 Å². The summed E-state index contributed by atoms with van der Waals surface area (Å²) in [7, 11) is 0. The van der Waals surface area contributed by atoms with Gasteiger partial charge in [-0.3, -0.25) is 10.1 Å². The van der Waals surface area contributed by atoms with Gasteiger partial charge in [0, 0.05) is 16.4 Å². The smallest absolute Gasteiger partial charge is 0.269 e. The van der Waals surface area contributed by atoms with Crippen molar-refractivity contribution in [1.29, 1.82) is 0 Å². The number of ether oxygens (including phenoxy) is 1. The number of rotatable bonds is 4. The van der Waals surface area contributed by atoms with Crippen molar-refractivity contribution >= 4 is 45.0 Å². The number of aromatic nitrogens is 2. The average molecular weight is 392 g/mol. The molecule has 0 bridgehead atoms. The molecule has 4 heterocycles. The fourth-order valence-electron chi connectivity index (χ4n) is 2.71. The molecule has 1 aliphatic rings. The lowest BCUT2D eigenvalue weighted by molar-refractivity contribution is 0.103. The number of nitrogens with zero attached hydrogens (tertiary/aromatic N) is 2. The van der Waals surface area contributed by atoms with Crippen LogP contribution in [0, 0.1) is 13.8 Å². The van der Waals surface area contributed by atoms with Crippen molar-refractivity contribution in [3.63, 3.8) is 0 Å². The first kappa shape index (κ1) is 16.8. The Labute approximate surface area is 157 Å². The van der Waals surface area contributed by atoms with Crippen LogP contribution in [0.2, 0.25) is 0 Å². The number of hydrogen-bond acceptors (Lipinski definition) is 7. The van der Waals surface area contributed by atoms with E-state index in [0.29, 0.717) is 10.0 Å². The van der Waals surface area contributed by atoms with Gasteiger partial charge in [0.15, 0.2) is 5.13 Å². The largest absolute Gasteiger partial charge is 0.371 e. The molecule has 3 aromatic heterocycles. The van der Waals surface area contributed by atoms with Gasteiger partial charge in [0.05, 0.1) is 16.8 Å². The van der Waals surface area contributed by atoms with Crippen molar-refractivity contribution in [3.8, 4) is 10.6 Å². The molecule has 1 N–H and O–H groups in total. The van der Waals surface area contributed by atoms with Gasteiger partial charge in [-0.25, -0.2) is 9.97 Å². The molecule has 5 nitrogen and oxygen atoms in total. The van der Waals surface area contributed by atoms with E-state index in [-0.39, 0.29) is 12.0 Å². The van der Waals surface area contributed by atoms with Crippen LogP contribution < -0.4 is 5.32 Å². The van der Waals surface area contributed by atoms with Gasteiger partial charge in [-0.05, 0) is 38.8 Å². The molecule has 1 unspecified atom stereocenters. The Morgan fingerprint density at radius 1 is 1.28 bits per heavy atom. The van der Waals surface area contributed by atoms with E-state index in [2.05, 4.69) is 34.3 Å². The predicted octanol–water partition coefficient (Wildman–Crippen LogP) is 5.05. The molecule has 130 valence electrons. The highest BCUT2D eigenvalue weighted by Crippen LogP contribution is 2.35. The summed E-state index contributed by atoms with van der Waals surface area (Å²) in [6.45, 7) is 4.88. The van der Waals surface area contributed by atoms with Crippen molar-refractivity contribution in [2.45, 2.75) is 32.8 Å². The standard InChI is InChI=1S/C17H17N3O2S3/c1-9-5-6-12(23-9)14-10(2)24-17(19-14)20-15(21)13-8-18-16(25-13)11-4-3-7-22-11/h5-6,8,11H,3-4,7H2,1-2H3,(H,19,20,21). The zero-order valence-electron chi connectivity index (χ0n) is 13.9. The number of hydrogen-bond donors (Lipinski definition) is 1. The van der Waals surface area contributed by atoms with E-state index in [1.165, 1.54) is 27.6 Å². The van der Waals surface area contributed by atoms with E-state index in [9.17, 15) is 4.79 Å². The Balaban J connectivity index is 1.49. The van der Waals surface area contributed by atoms with Crippen LogP contribution in [-0.2, 0) is 4.74 Å². The van der Waals surface area contributed by atoms with E-state index in [1.807, 2.05) is 6.92 Å². The summed E-state index contributed by atoms with van der Waals surface area (Å²) in [4.78, 5) is 25.5. The summed E-state index contributed by atoms with van der Waals surface area (Å²) < 4.78 is 5.63. The summed E-state index contributed by atoms with van der Waals surface area (Å²) in [6.07, 6.45) is 3.70. The summed E-state index contributed by atoms with van der Waals surface area (Å²) in [5.74, 6) is -0.163. The highest BCUT2D eigenvalue weighted by atomic mass is 32.1. The topological polar surface area (TPSA) is 64.1 Å². The van der Waals surface area contributed by atoms with Crippen molar-refractivity contribution in [1.82, 2.24) is 9.97 Å². The third-order valence-electron chi connectivity index (χ3n) is 3.94. The zero-order chi connectivity index (χ0) is 17.4. The second-order valence-electron chi connectivity index (χ2n) is 5.85. The summed E-state index contributed by atoms with van der Waals surface area (Å²) in [5, 5.41) is 4.41. The monoisotopic (exact) mass is 391 g/mol. The zero-order valence-corrected chi connectivity index (χ0v) is 16.3. The highest BCUT2D eigenvalue weighted by molar-refractivity contribution is 7.18. The molecule has 8 heteroatoms. The quantitative estimate of drug-likeness (QED) is 0.676. The van der Waals surface area contributed by atoms with E-state index < -0.39 is 0 Å². The van der Waals surface area contributed by atoms with Crippen LogP contribution in [0.4, 0.5) is 5.13 Å². The molecule has 25 heavy (non-hydrogen) atoms. The molecule has 0 saturated carbocycles. The maximum atomic E-state index is 12.5. The van der Waals surface area contributed by atoms with Crippen LogP contribution in [0.1, 0.15) is 43.4 Å². The van der Waals surface area contributed by atoms with Crippen molar-refractivity contribution in [3.05, 3.63) is 38.0 Å². The maximum absolute atomic E-state index is 12.5.